The highest BCUT2D eigenvalue weighted by molar-refractivity contribution is 5.60. The van der Waals surface area contributed by atoms with Gasteiger partial charge in [0.25, 0.3) is 0 Å². The third kappa shape index (κ3) is 3.16. The number of halogens is 2. The van der Waals surface area contributed by atoms with Crippen LogP contribution in [0.3, 0.4) is 0 Å². The van der Waals surface area contributed by atoms with Crippen molar-refractivity contribution in [1.29, 1.82) is 0 Å². The van der Waals surface area contributed by atoms with E-state index in [4.69, 9.17) is 0 Å². The van der Waals surface area contributed by atoms with Crippen LogP contribution in [0.2, 0.25) is 0 Å². The number of hydrogen-bond acceptors (Lipinski definition) is 4. The number of rotatable bonds is 3. The van der Waals surface area contributed by atoms with Crippen molar-refractivity contribution in [1.82, 2.24) is 9.97 Å². The molecule has 0 atom stereocenters. The summed E-state index contributed by atoms with van der Waals surface area (Å²) >= 11 is 0. The summed E-state index contributed by atoms with van der Waals surface area (Å²) in [6.45, 7) is 3.67. The van der Waals surface area contributed by atoms with Gasteiger partial charge in [-0.25, -0.2) is 18.7 Å². The van der Waals surface area contributed by atoms with Crippen molar-refractivity contribution in [2.45, 2.75) is 26.2 Å². The fourth-order valence-corrected chi connectivity index (χ4v) is 2.65. The Bertz CT molecular complexity index is 649. The van der Waals surface area contributed by atoms with Crippen LogP contribution in [0.1, 0.15) is 25.1 Å². The third-order valence-corrected chi connectivity index (χ3v) is 3.72. The average Bonchev–Trinajstić information content (AvgIpc) is 2.51. The zero-order chi connectivity index (χ0) is 15.5. The monoisotopic (exact) mass is 304 g/mol. The summed E-state index contributed by atoms with van der Waals surface area (Å²) in [6.07, 6.45) is 3.49. The van der Waals surface area contributed by atoms with E-state index in [-0.39, 0.29) is 5.69 Å². The predicted molar refractivity (Wildman–Crippen MR) is 82.5 cm³/mol. The molecule has 0 unspecified atom stereocenters. The largest absolute Gasteiger partial charge is 0.356 e. The molecule has 0 aliphatic carbocycles. The Morgan fingerprint density at radius 2 is 1.73 bits per heavy atom. The fourth-order valence-electron chi connectivity index (χ4n) is 2.65. The molecule has 2 heterocycles. The van der Waals surface area contributed by atoms with Gasteiger partial charge in [-0.05, 0) is 38.3 Å². The van der Waals surface area contributed by atoms with Crippen molar-refractivity contribution >= 4 is 17.3 Å². The Morgan fingerprint density at radius 1 is 1.05 bits per heavy atom. The van der Waals surface area contributed by atoms with Crippen molar-refractivity contribution in [2.75, 3.05) is 23.3 Å². The summed E-state index contributed by atoms with van der Waals surface area (Å²) in [6, 6.07) is 5.50. The highest BCUT2D eigenvalue weighted by Crippen LogP contribution is 2.25. The molecule has 0 amide bonds. The Hall–Kier alpha value is -2.24. The van der Waals surface area contributed by atoms with E-state index in [0.29, 0.717) is 11.6 Å². The third-order valence-electron chi connectivity index (χ3n) is 3.72. The SMILES string of the molecule is Cc1nc(Nc2c(F)cccc2F)cc(N2CCCCC2)n1. The molecule has 1 aromatic carbocycles. The van der Waals surface area contributed by atoms with Crippen LogP contribution in [0.25, 0.3) is 0 Å². The van der Waals surface area contributed by atoms with Gasteiger partial charge in [-0.2, -0.15) is 0 Å². The minimum atomic E-state index is -0.643. The van der Waals surface area contributed by atoms with Gasteiger partial charge in [0.2, 0.25) is 0 Å². The highest BCUT2D eigenvalue weighted by atomic mass is 19.1. The summed E-state index contributed by atoms with van der Waals surface area (Å²) in [7, 11) is 0. The van der Waals surface area contributed by atoms with Crippen LogP contribution in [0.4, 0.5) is 26.1 Å². The number of benzene rings is 1. The van der Waals surface area contributed by atoms with Gasteiger partial charge in [0, 0.05) is 19.2 Å². The van der Waals surface area contributed by atoms with Gasteiger partial charge in [-0.1, -0.05) is 6.07 Å². The van der Waals surface area contributed by atoms with Crippen molar-refractivity contribution in [3.8, 4) is 0 Å². The van der Waals surface area contributed by atoms with Crippen LogP contribution in [0.5, 0.6) is 0 Å². The number of aryl methyl sites for hydroxylation is 1. The molecule has 1 fully saturated rings. The molecule has 3 rings (SSSR count). The normalized spacial score (nSPS) is 15.0. The minimum absolute atomic E-state index is 0.190. The molecule has 0 radical (unpaired) electrons. The second-order valence-electron chi connectivity index (χ2n) is 5.43. The first-order valence-electron chi connectivity index (χ1n) is 7.45. The van der Waals surface area contributed by atoms with Crippen molar-refractivity contribution in [3.05, 3.63) is 41.7 Å². The van der Waals surface area contributed by atoms with Crippen LogP contribution >= 0.6 is 0 Å². The number of piperidine rings is 1. The van der Waals surface area contributed by atoms with Crippen LogP contribution in [0, 0.1) is 18.6 Å². The molecule has 1 aliphatic heterocycles. The molecule has 1 aliphatic rings. The van der Waals surface area contributed by atoms with E-state index < -0.39 is 11.6 Å². The molecule has 0 bridgehead atoms. The Labute approximate surface area is 128 Å². The first-order chi connectivity index (χ1) is 10.6. The molecule has 4 nitrogen and oxygen atoms in total. The maximum absolute atomic E-state index is 13.7. The molecule has 0 spiro atoms. The number of aromatic nitrogens is 2. The molecule has 0 saturated carbocycles. The zero-order valence-corrected chi connectivity index (χ0v) is 12.4. The van der Waals surface area contributed by atoms with Gasteiger partial charge in [0.1, 0.15) is 34.8 Å². The van der Waals surface area contributed by atoms with Gasteiger partial charge < -0.3 is 10.2 Å². The summed E-state index contributed by atoms with van der Waals surface area (Å²) < 4.78 is 27.5. The van der Waals surface area contributed by atoms with E-state index in [0.717, 1.165) is 31.7 Å². The topological polar surface area (TPSA) is 41.1 Å². The maximum atomic E-state index is 13.7. The number of para-hydroxylation sites is 1. The summed E-state index contributed by atoms with van der Waals surface area (Å²) in [5.41, 5.74) is -0.190. The van der Waals surface area contributed by atoms with E-state index in [9.17, 15) is 8.78 Å². The van der Waals surface area contributed by atoms with Crippen LogP contribution in [-0.4, -0.2) is 23.1 Å². The maximum Gasteiger partial charge on any atom is 0.149 e. The van der Waals surface area contributed by atoms with Gasteiger partial charge in [0.15, 0.2) is 0 Å². The molecule has 1 N–H and O–H groups in total. The predicted octanol–water partition coefficient (Wildman–Crippen LogP) is 3.80. The second kappa shape index (κ2) is 6.25. The number of hydrogen-bond donors (Lipinski definition) is 1. The van der Waals surface area contributed by atoms with Gasteiger partial charge in [0.05, 0.1) is 0 Å². The summed E-state index contributed by atoms with van der Waals surface area (Å²) in [4.78, 5) is 10.8. The fraction of sp³-hybridized carbons (Fsp3) is 0.375. The molecule has 1 saturated heterocycles. The van der Waals surface area contributed by atoms with E-state index >= 15 is 0 Å². The molecular weight excluding hydrogens is 286 g/mol. The minimum Gasteiger partial charge on any atom is -0.356 e. The van der Waals surface area contributed by atoms with Gasteiger partial charge >= 0.3 is 0 Å². The smallest absolute Gasteiger partial charge is 0.149 e. The average molecular weight is 304 g/mol. The highest BCUT2D eigenvalue weighted by Gasteiger charge is 2.15. The van der Waals surface area contributed by atoms with Gasteiger partial charge in [-0.3, -0.25) is 0 Å². The standard InChI is InChI=1S/C16H18F2N4/c1-11-19-14(21-16-12(17)6-5-7-13(16)18)10-15(20-11)22-8-3-2-4-9-22/h5-7,10H,2-4,8-9H2,1H3,(H,19,20,21). The van der Waals surface area contributed by atoms with Crippen LogP contribution in [-0.2, 0) is 0 Å². The van der Waals surface area contributed by atoms with Crippen LogP contribution < -0.4 is 10.2 Å². The van der Waals surface area contributed by atoms with E-state index in [2.05, 4.69) is 20.2 Å². The van der Waals surface area contributed by atoms with E-state index in [1.807, 2.05) is 0 Å². The summed E-state index contributed by atoms with van der Waals surface area (Å²) in [5.74, 6) is 0.484. The second-order valence-corrected chi connectivity index (χ2v) is 5.43. The molecule has 2 aromatic rings. The van der Waals surface area contributed by atoms with Crippen molar-refractivity contribution < 1.29 is 8.78 Å². The number of nitrogens with one attached hydrogen (secondary N) is 1. The molecule has 22 heavy (non-hydrogen) atoms. The zero-order valence-electron chi connectivity index (χ0n) is 12.4. The first-order valence-corrected chi connectivity index (χ1v) is 7.45. The Balaban J connectivity index is 1.89. The lowest BCUT2D eigenvalue weighted by Crippen LogP contribution is -2.30. The first kappa shape index (κ1) is 14.7. The Kier molecular flexibility index (Phi) is 4.18. The van der Waals surface area contributed by atoms with E-state index in [1.54, 1.807) is 13.0 Å². The van der Waals surface area contributed by atoms with Crippen molar-refractivity contribution in [3.63, 3.8) is 0 Å². The Morgan fingerprint density at radius 3 is 2.41 bits per heavy atom. The van der Waals surface area contributed by atoms with Crippen LogP contribution in [0.15, 0.2) is 24.3 Å². The van der Waals surface area contributed by atoms with E-state index in [1.165, 1.54) is 24.6 Å². The molecule has 6 heteroatoms. The molecule has 116 valence electrons. The lowest BCUT2D eigenvalue weighted by molar-refractivity contribution is 0.572. The quantitative estimate of drug-likeness (QED) is 0.936. The van der Waals surface area contributed by atoms with Crippen molar-refractivity contribution in [2.24, 2.45) is 0 Å². The van der Waals surface area contributed by atoms with Gasteiger partial charge in [-0.15, -0.1) is 0 Å². The number of nitrogens with zero attached hydrogens (tertiary/aromatic N) is 3. The molecular formula is C16H18F2N4. The lowest BCUT2D eigenvalue weighted by Gasteiger charge is -2.28. The summed E-state index contributed by atoms with van der Waals surface area (Å²) in [5, 5.41) is 2.73. The lowest BCUT2D eigenvalue weighted by atomic mass is 10.1. The number of anilines is 3. The molecule has 1 aromatic heterocycles.